The first-order valence-corrected chi connectivity index (χ1v) is 11.3. The van der Waals surface area contributed by atoms with Gasteiger partial charge in [0.15, 0.2) is 16.7 Å². The zero-order valence-electron chi connectivity index (χ0n) is 18.2. The standard InChI is InChI=1S/C23H33F2NO2S/c1-15(2)11-12-26(21(27)16-9-7-6-8-10-16)19-13-17(24)18(25)14-20(19)29-22(28)23(3,4)5/h13-16H,6-12H2,1-5H3. The third-order valence-corrected chi connectivity index (χ3v) is 6.60. The van der Waals surface area contributed by atoms with Crippen LogP contribution in [0, 0.1) is 28.9 Å². The van der Waals surface area contributed by atoms with Crippen LogP contribution in [0.3, 0.4) is 0 Å². The average molecular weight is 426 g/mol. The van der Waals surface area contributed by atoms with Gasteiger partial charge in [-0.2, -0.15) is 0 Å². The van der Waals surface area contributed by atoms with Crippen LogP contribution in [0.1, 0.15) is 73.1 Å². The van der Waals surface area contributed by atoms with Crippen LogP contribution >= 0.6 is 11.8 Å². The van der Waals surface area contributed by atoms with Gasteiger partial charge < -0.3 is 4.90 Å². The predicted octanol–water partition coefficient (Wildman–Crippen LogP) is 6.59. The van der Waals surface area contributed by atoms with Gasteiger partial charge in [-0.3, -0.25) is 9.59 Å². The van der Waals surface area contributed by atoms with Crippen molar-refractivity contribution in [1.29, 1.82) is 0 Å². The smallest absolute Gasteiger partial charge is 0.230 e. The number of carbonyl (C=O) groups excluding carboxylic acids is 2. The van der Waals surface area contributed by atoms with E-state index in [1.165, 1.54) is 0 Å². The van der Waals surface area contributed by atoms with Crippen LogP contribution < -0.4 is 4.90 Å². The van der Waals surface area contributed by atoms with E-state index in [1.807, 2.05) is 0 Å². The van der Waals surface area contributed by atoms with Crippen LogP contribution in [0.25, 0.3) is 0 Å². The second kappa shape index (κ2) is 10.1. The Morgan fingerprint density at radius 3 is 2.24 bits per heavy atom. The molecule has 0 saturated heterocycles. The molecule has 0 N–H and O–H groups in total. The van der Waals surface area contributed by atoms with Crippen LogP contribution in [-0.2, 0) is 9.59 Å². The average Bonchev–Trinajstić information content (AvgIpc) is 2.65. The molecule has 1 aliphatic carbocycles. The van der Waals surface area contributed by atoms with E-state index in [2.05, 4.69) is 13.8 Å². The van der Waals surface area contributed by atoms with Crippen molar-refractivity contribution in [2.24, 2.45) is 17.3 Å². The van der Waals surface area contributed by atoms with Crippen molar-refractivity contribution in [3.05, 3.63) is 23.8 Å². The maximum absolute atomic E-state index is 14.2. The van der Waals surface area contributed by atoms with Crippen molar-refractivity contribution in [1.82, 2.24) is 0 Å². The molecule has 1 aliphatic rings. The predicted molar refractivity (Wildman–Crippen MR) is 115 cm³/mol. The number of nitrogens with zero attached hydrogens (tertiary/aromatic N) is 1. The quantitative estimate of drug-likeness (QED) is 0.483. The molecule has 0 radical (unpaired) electrons. The van der Waals surface area contributed by atoms with E-state index in [1.54, 1.807) is 25.7 Å². The van der Waals surface area contributed by atoms with Gasteiger partial charge in [0, 0.05) is 28.8 Å². The summed E-state index contributed by atoms with van der Waals surface area (Å²) in [5.41, 5.74) is -0.328. The molecular weight excluding hydrogens is 392 g/mol. The molecule has 1 fully saturated rings. The molecule has 0 unspecified atom stereocenters. The van der Waals surface area contributed by atoms with Gasteiger partial charge in [-0.1, -0.05) is 53.9 Å². The Morgan fingerprint density at radius 2 is 1.69 bits per heavy atom. The van der Waals surface area contributed by atoms with Crippen LogP contribution in [-0.4, -0.2) is 17.6 Å². The van der Waals surface area contributed by atoms with Crippen molar-refractivity contribution in [3.8, 4) is 0 Å². The number of hydrogen-bond acceptors (Lipinski definition) is 3. The zero-order valence-corrected chi connectivity index (χ0v) is 19.0. The molecule has 2 rings (SSSR count). The Morgan fingerprint density at radius 1 is 1.10 bits per heavy atom. The molecule has 0 aromatic heterocycles. The van der Waals surface area contributed by atoms with Crippen molar-refractivity contribution in [2.75, 3.05) is 11.4 Å². The molecule has 1 aromatic rings. The molecular formula is C23H33F2NO2S. The van der Waals surface area contributed by atoms with Gasteiger partial charge in [0.05, 0.1) is 5.69 Å². The first kappa shape index (κ1) is 23.8. The van der Waals surface area contributed by atoms with Crippen molar-refractivity contribution in [2.45, 2.75) is 78.0 Å². The molecule has 29 heavy (non-hydrogen) atoms. The Hall–Kier alpha value is -1.43. The van der Waals surface area contributed by atoms with Gasteiger partial charge >= 0.3 is 0 Å². The van der Waals surface area contributed by atoms with E-state index < -0.39 is 17.0 Å². The second-order valence-electron chi connectivity index (χ2n) is 9.38. The van der Waals surface area contributed by atoms with Gasteiger partial charge in [-0.25, -0.2) is 8.78 Å². The minimum atomic E-state index is -1.01. The highest BCUT2D eigenvalue weighted by Crippen LogP contribution is 2.38. The maximum atomic E-state index is 14.2. The lowest BCUT2D eigenvalue weighted by molar-refractivity contribution is -0.123. The third kappa shape index (κ3) is 6.53. The Balaban J connectivity index is 2.45. The SMILES string of the molecule is CC(C)CCN(C(=O)C1CCCCC1)c1cc(F)c(F)cc1SC(=O)C(C)(C)C. The highest BCUT2D eigenvalue weighted by molar-refractivity contribution is 8.13. The summed E-state index contributed by atoms with van der Waals surface area (Å²) in [4.78, 5) is 27.8. The number of halogens is 2. The molecule has 162 valence electrons. The van der Waals surface area contributed by atoms with Gasteiger partial charge in [-0.15, -0.1) is 0 Å². The minimum absolute atomic E-state index is 0.0404. The number of hydrogen-bond donors (Lipinski definition) is 0. The molecule has 1 saturated carbocycles. The molecule has 1 aromatic carbocycles. The molecule has 0 bridgehead atoms. The third-order valence-electron chi connectivity index (χ3n) is 5.26. The fraction of sp³-hybridized carbons (Fsp3) is 0.652. The Kier molecular flexibility index (Phi) is 8.27. The monoisotopic (exact) mass is 425 g/mol. The fourth-order valence-electron chi connectivity index (χ4n) is 3.37. The molecule has 0 heterocycles. The number of benzene rings is 1. The van der Waals surface area contributed by atoms with Crippen molar-refractivity contribution in [3.63, 3.8) is 0 Å². The lowest BCUT2D eigenvalue weighted by Crippen LogP contribution is -2.38. The topological polar surface area (TPSA) is 37.4 Å². The molecule has 0 spiro atoms. The summed E-state index contributed by atoms with van der Waals surface area (Å²) in [7, 11) is 0. The highest BCUT2D eigenvalue weighted by Gasteiger charge is 2.31. The second-order valence-corrected chi connectivity index (χ2v) is 10.4. The lowest BCUT2D eigenvalue weighted by Gasteiger charge is -2.31. The molecule has 0 aliphatic heterocycles. The summed E-state index contributed by atoms with van der Waals surface area (Å²) in [5.74, 6) is -1.79. The first-order chi connectivity index (χ1) is 13.5. The number of anilines is 1. The van der Waals surface area contributed by atoms with Crippen LogP contribution in [0.15, 0.2) is 17.0 Å². The summed E-state index contributed by atoms with van der Waals surface area (Å²) in [6.07, 6.45) is 5.54. The first-order valence-electron chi connectivity index (χ1n) is 10.5. The normalized spacial score (nSPS) is 15.6. The summed E-state index contributed by atoms with van der Waals surface area (Å²) >= 11 is 0.887. The number of thioether (sulfide) groups is 1. The van der Waals surface area contributed by atoms with E-state index in [0.29, 0.717) is 23.0 Å². The van der Waals surface area contributed by atoms with Gasteiger partial charge in [0.25, 0.3) is 0 Å². The Bertz CT molecular complexity index is 737. The summed E-state index contributed by atoms with van der Waals surface area (Å²) < 4.78 is 28.2. The number of carbonyl (C=O) groups is 2. The minimum Gasteiger partial charge on any atom is -0.311 e. The van der Waals surface area contributed by atoms with Crippen LogP contribution in [0.4, 0.5) is 14.5 Å². The Labute approximate surface area is 177 Å². The highest BCUT2D eigenvalue weighted by atomic mass is 32.2. The van der Waals surface area contributed by atoms with Crippen LogP contribution in [0.2, 0.25) is 0 Å². The van der Waals surface area contributed by atoms with Gasteiger partial charge in [-0.05, 0) is 43.0 Å². The van der Waals surface area contributed by atoms with Gasteiger partial charge in [0.2, 0.25) is 5.91 Å². The summed E-state index contributed by atoms with van der Waals surface area (Å²) in [6, 6.07) is 2.13. The van der Waals surface area contributed by atoms with E-state index >= 15 is 0 Å². The van der Waals surface area contributed by atoms with Crippen LogP contribution in [0.5, 0.6) is 0 Å². The molecule has 0 atom stereocenters. The summed E-state index contributed by atoms with van der Waals surface area (Å²) in [5, 5.41) is -0.154. The van der Waals surface area contributed by atoms with Crippen molar-refractivity contribution >= 4 is 28.5 Å². The maximum Gasteiger partial charge on any atom is 0.230 e. The summed E-state index contributed by atoms with van der Waals surface area (Å²) in [6.45, 7) is 9.90. The molecule has 3 nitrogen and oxygen atoms in total. The van der Waals surface area contributed by atoms with E-state index in [9.17, 15) is 18.4 Å². The van der Waals surface area contributed by atoms with E-state index in [-0.39, 0.29) is 16.9 Å². The fourth-order valence-corrected chi connectivity index (χ4v) is 4.31. The largest absolute Gasteiger partial charge is 0.311 e. The number of amides is 1. The number of rotatable bonds is 6. The van der Waals surface area contributed by atoms with Gasteiger partial charge in [0.1, 0.15) is 0 Å². The van der Waals surface area contributed by atoms with E-state index in [0.717, 1.165) is 62.4 Å². The van der Waals surface area contributed by atoms with E-state index in [4.69, 9.17) is 0 Å². The lowest BCUT2D eigenvalue weighted by atomic mass is 9.88. The molecule has 1 amide bonds. The zero-order chi connectivity index (χ0) is 21.8. The van der Waals surface area contributed by atoms with Crippen molar-refractivity contribution < 1.29 is 18.4 Å². The molecule has 6 heteroatoms.